The maximum Gasteiger partial charge on any atom is 0.148 e. The molecular weight excluding hydrogens is 195 g/mol. The molecular formula is C11H17FN2O. The largest absolute Gasteiger partial charge is 0.395 e. The van der Waals surface area contributed by atoms with Crippen LogP contribution in [0.4, 0.5) is 15.8 Å². The van der Waals surface area contributed by atoms with Crippen LogP contribution in [0.3, 0.4) is 0 Å². The molecule has 0 saturated carbocycles. The van der Waals surface area contributed by atoms with E-state index in [0.29, 0.717) is 24.8 Å². The number of methoxy groups -OCH3 is 1. The van der Waals surface area contributed by atoms with Gasteiger partial charge in [-0.25, -0.2) is 4.39 Å². The topological polar surface area (TPSA) is 47.3 Å². The Morgan fingerprint density at radius 3 is 2.93 bits per heavy atom. The highest BCUT2D eigenvalue weighted by Crippen LogP contribution is 2.21. The van der Waals surface area contributed by atoms with Gasteiger partial charge in [-0.2, -0.15) is 0 Å². The highest BCUT2D eigenvalue weighted by Gasteiger charge is 2.05. The minimum Gasteiger partial charge on any atom is -0.395 e. The molecule has 1 aromatic carbocycles. The summed E-state index contributed by atoms with van der Waals surface area (Å²) >= 11 is 0. The first-order valence-electron chi connectivity index (χ1n) is 4.92. The SMILES string of the molecule is COCC(C)CNc1cccc(F)c1N. The van der Waals surface area contributed by atoms with Crippen molar-refractivity contribution in [2.24, 2.45) is 5.92 Å². The Balaban J connectivity index is 2.54. The van der Waals surface area contributed by atoms with Gasteiger partial charge in [-0.3, -0.25) is 0 Å². The maximum atomic E-state index is 13.1. The highest BCUT2D eigenvalue weighted by atomic mass is 19.1. The zero-order chi connectivity index (χ0) is 11.3. The number of hydrogen-bond acceptors (Lipinski definition) is 3. The van der Waals surface area contributed by atoms with Crippen LogP contribution in [0.1, 0.15) is 6.92 Å². The second kappa shape index (κ2) is 5.56. The van der Waals surface area contributed by atoms with Crippen molar-refractivity contribution in [3.63, 3.8) is 0 Å². The monoisotopic (exact) mass is 212 g/mol. The van der Waals surface area contributed by atoms with E-state index in [4.69, 9.17) is 10.5 Å². The van der Waals surface area contributed by atoms with E-state index in [9.17, 15) is 4.39 Å². The van der Waals surface area contributed by atoms with Gasteiger partial charge in [0.25, 0.3) is 0 Å². The third kappa shape index (κ3) is 3.40. The summed E-state index contributed by atoms with van der Waals surface area (Å²) in [6.07, 6.45) is 0. The van der Waals surface area contributed by atoms with Crippen molar-refractivity contribution in [3.8, 4) is 0 Å². The first-order valence-corrected chi connectivity index (χ1v) is 4.92. The lowest BCUT2D eigenvalue weighted by atomic mass is 10.2. The molecule has 0 spiro atoms. The molecule has 0 aromatic heterocycles. The number of nitrogens with one attached hydrogen (secondary N) is 1. The summed E-state index contributed by atoms with van der Waals surface area (Å²) in [4.78, 5) is 0. The molecule has 0 aliphatic rings. The number of anilines is 2. The van der Waals surface area contributed by atoms with E-state index in [1.807, 2.05) is 6.92 Å². The molecule has 0 heterocycles. The summed E-state index contributed by atoms with van der Waals surface area (Å²) in [5.41, 5.74) is 6.38. The van der Waals surface area contributed by atoms with Crippen LogP contribution >= 0.6 is 0 Å². The molecule has 0 amide bonds. The van der Waals surface area contributed by atoms with E-state index < -0.39 is 0 Å². The van der Waals surface area contributed by atoms with Gasteiger partial charge in [0.05, 0.1) is 18.0 Å². The van der Waals surface area contributed by atoms with Crippen molar-refractivity contribution in [1.29, 1.82) is 0 Å². The number of benzene rings is 1. The molecule has 0 bridgehead atoms. The van der Waals surface area contributed by atoms with Crippen molar-refractivity contribution < 1.29 is 9.13 Å². The zero-order valence-corrected chi connectivity index (χ0v) is 9.09. The lowest BCUT2D eigenvalue weighted by molar-refractivity contribution is 0.164. The lowest BCUT2D eigenvalue weighted by Crippen LogP contribution is -2.16. The number of halogens is 1. The molecule has 3 N–H and O–H groups in total. The molecule has 84 valence electrons. The van der Waals surface area contributed by atoms with Gasteiger partial charge in [0, 0.05) is 13.7 Å². The van der Waals surface area contributed by atoms with E-state index in [1.54, 1.807) is 19.2 Å². The molecule has 0 radical (unpaired) electrons. The molecule has 4 heteroatoms. The summed E-state index contributed by atoms with van der Waals surface area (Å²) in [6.45, 7) is 3.43. The molecule has 0 aliphatic carbocycles. The Morgan fingerprint density at radius 2 is 2.27 bits per heavy atom. The normalized spacial score (nSPS) is 12.5. The molecule has 0 saturated heterocycles. The van der Waals surface area contributed by atoms with Gasteiger partial charge in [-0.15, -0.1) is 0 Å². The number of nitrogens with two attached hydrogens (primary N) is 1. The minimum atomic E-state index is -0.389. The Bertz CT molecular complexity index is 317. The molecule has 3 nitrogen and oxygen atoms in total. The van der Waals surface area contributed by atoms with Crippen molar-refractivity contribution in [2.45, 2.75) is 6.92 Å². The average molecular weight is 212 g/mol. The fourth-order valence-corrected chi connectivity index (χ4v) is 1.32. The van der Waals surface area contributed by atoms with E-state index >= 15 is 0 Å². The Kier molecular flexibility index (Phi) is 4.37. The minimum absolute atomic E-state index is 0.169. The standard InChI is InChI=1S/C11H17FN2O/c1-8(7-15-2)6-14-10-5-3-4-9(12)11(10)13/h3-5,8,14H,6-7,13H2,1-2H3. The number of ether oxygens (including phenoxy) is 1. The molecule has 1 unspecified atom stereocenters. The number of para-hydroxylation sites is 1. The average Bonchev–Trinajstić information content (AvgIpc) is 2.21. The highest BCUT2D eigenvalue weighted by molar-refractivity contribution is 5.66. The van der Waals surface area contributed by atoms with Crippen LogP contribution < -0.4 is 11.1 Å². The van der Waals surface area contributed by atoms with Gasteiger partial charge in [0.2, 0.25) is 0 Å². The Hall–Kier alpha value is -1.29. The fourth-order valence-electron chi connectivity index (χ4n) is 1.32. The molecule has 0 aliphatic heterocycles. The number of rotatable bonds is 5. The van der Waals surface area contributed by atoms with Crippen molar-refractivity contribution in [1.82, 2.24) is 0 Å². The van der Waals surface area contributed by atoms with Crippen molar-refractivity contribution in [2.75, 3.05) is 31.3 Å². The molecule has 1 aromatic rings. The third-order valence-electron chi connectivity index (χ3n) is 2.15. The van der Waals surface area contributed by atoms with Gasteiger partial charge in [-0.05, 0) is 18.1 Å². The number of nitrogen functional groups attached to an aromatic ring is 1. The van der Waals surface area contributed by atoms with Gasteiger partial charge in [0.1, 0.15) is 5.82 Å². The molecule has 1 rings (SSSR count). The Labute approximate surface area is 89.4 Å². The van der Waals surface area contributed by atoms with Crippen molar-refractivity contribution >= 4 is 11.4 Å². The predicted molar refractivity (Wildman–Crippen MR) is 60.3 cm³/mol. The predicted octanol–water partition coefficient (Wildman–Crippen LogP) is 2.10. The van der Waals surface area contributed by atoms with Gasteiger partial charge >= 0.3 is 0 Å². The quantitative estimate of drug-likeness (QED) is 0.735. The summed E-state index contributed by atoms with van der Waals surface area (Å²) in [5.74, 6) is -0.0305. The van der Waals surface area contributed by atoms with E-state index in [-0.39, 0.29) is 11.5 Å². The Morgan fingerprint density at radius 1 is 1.53 bits per heavy atom. The van der Waals surface area contributed by atoms with Gasteiger partial charge in [-0.1, -0.05) is 13.0 Å². The zero-order valence-electron chi connectivity index (χ0n) is 9.09. The smallest absolute Gasteiger partial charge is 0.148 e. The fraction of sp³-hybridized carbons (Fsp3) is 0.455. The molecule has 15 heavy (non-hydrogen) atoms. The van der Waals surface area contributed by atoms with Crippen LogP contribution in [0.2, 0.25) is 0 Å². The second-order valence-electron chi connectivity index (χ2n) is 3.64. The summed E-state index contributed by atoms with van der Waals surface area (Å²) in [7, 11) is 1.66. The van der Waals surface area contributed by atoms with E-state index in [2.05, 4.69) is 5.32 Å². The van der Waals surface area contributed by atoms with Gasteiger partial charge in [0.15, 0.2) is 0 Å². The van der Waals surface area contributed by atoms with Crippen LogP contribution in [0.25, 0.3) is 0 Å². The first-order chi connectivity index (χ1) is 7.15. The van der Waals surface area contributed by atoms with Crippen LogP contribution in [0.15, 0.2) is 18.2 Å². The van der Waals surface area contributed by atoms with Gasteiger partial charge < -0.3 is 15.8 Å². The maximum absolute atomic E-state index is 13.1. The van der Waals surface area contributed by atoms with Crippen LogP contribution in [-0.4, -0.2) is 20.3 Å². The third-order valence-corrected chi connectivity index (χ3v) is 2.15. The summed E-state index contributed by atoms with van der Waals surface area (Å²) in [6, 6.07) is 4.74. The molecule has 0 fully saturated rings. The summed E-state index contributed by atoms with van der Waals surface area (Å²) < 4.78 is 18.1. The first kappa shape index (κ1) is 11.8. The van der Waals surface area contributed by atoms with Crippen molar-refractivity contribution in [3.05, 3.63) is 24.0 Å². The molecule has 1 atom stereocenters. The second-order valence-corrected chi connectivity index (χ2v) is 3.64. The summed E-state index contributed by atoms with van der Waals surface area (Å²) in [5, 5.41) is 3.09. The van der Waals surface area contributed by atoms with Crippen LogP contribution in [0, 0.1) is 11.7 Å². The van der Waals surface area contributed by atoms with Crippen LogP contribution in [0.5, 0.6) is 0 Å². The van der Waals surface area contributed by atoms with E-state index in [1.165, 1.54) is 6.07 Å². The number of hydrogen-bond donors (Lipinski definition) is 2. The lowest BCUT2D eigenvalue weighted by Gasteiger charge is -2.14. The van der Waals surface area contributed by atoms with Crippen LogP contribution in [-0.2, 0) is 4.74 Å². The van der Waals surface area contributed by atoms with E-state index in [0.717, 1.165) is 0 Å².